The molecule has 2 aromatic rings. The number of amides is 2. The van der Waals surface area contributed by atoms with Crippen LogP contribution in [-0.4, -0.2) is 50.6 Å². The van der Waals surface area contributed by atoms with Gasteiger partial charge in [-0.1, -0.05) is 25.5 Å². The van der Waals surface area contributed by atoms with Gasteiger partial charge >= 0.3 is 0 Å². The molecule has 0 saturated heterocycles. The van der Waals surface area contributed by atoms with Gasteiger partial charge in [0.2, 0.25) is 0 Å². The molecule has 0 spiro atoms. The van der Waals surface area contributed by atoms with Gasteiger partial charge in [-0.2, -0.15) is 0 Å². The van der Waals surface area contributed by atoms with Crippen LogP contribution in [0.3, 0.4) is 0 Å². The predicted octanol–water partition coefficient (Wildman–Crippen LogP) is 3.44. The lowest BCUT2D eigenvalue weighted by atomic mass is 10.1. The first-order chi connectivity index (χ1) is 15.0. The molecular weight excluding hydrogens is 416 g/mol. The van der Waals surface area contributed by atoms with E-state index in [4.69, 9.17) is 9.47 Å². The van der Waals surface area contributed by atoms with E-state index in [0.717, 1.165) is 25.0 Å². The van der Waals surface area contributed by atoms with Crippen molar-refractivity contribution in [3.63, 3.8) is 0 Å². The van der Waals surface area contributed by atoms with E-state index in [-0.39, 0.29) is 17.6 Å². The normalized spacial score (nSPS) is 10.6. The fraction of sp³-hybridized carbons (Fsp3) is 0.435. The third-order valence-corrected chi connectivity index (χ3v) is 5.58. The third-order valence-electron chi connectivity index (χ3n) is 4.39. The Kier molecular flexibility index (Phi) is 10.9. The highest BCUT2D eigenvalue weighted by atomic mass is 32.1. The van der Waals surface area contributed by atoms with Crippen molar-refractivity contribution < 1.29 is 23.9 Å². The van der Waals surface area contributed by atoms with Gasteiger partial charge in [-0.05, 0) is 43.2 Å². The number of unbranched alkanes of at least 4 members (excludes halogenated alkanes) is 1. The van der Waals surface area contributed by atoms with Crippen LogP contribution in [0.5, 0.6) is 0 Å². The summed E-state index contributed by atoms with van der Waals surface area (Å²) in [5, 5.41) is 5.63. The molecule has 0 aliphatic rings. The molecule has 2 N–H and O–H groups in total. The van der Waals surface area contributed by atoms with Crippen molar-refractivity contribution in [2.45, 2.75) is 33.2 Å². The number of thiophene rings is 1. The molecule has 1 heterocycles. The Morgan fingerprint density at radius 1 is 0.839 bits per heavy atom. The molecule has 0 aliphatic carbocycles. The molecule has 0 aliphatic heterocycles. The van der Waals surface area contributed by atoms with Crippen LogP contribution in [0.25, 0.3) is 0 Å². The number of rotatable bonds is 14. The summed E-state index contributed by atoms with van der Waals surface area (Å²) in [7, 11) is 0. The summed E-state index contributed by atoms with van der Waals surface area (Å²) in [5.41, 5.74) is 1.42. The quantitative estimate of drug-likeness (QED) is 0.342. The van der Waals surface area contributed by atoms with E-state index >= 15 is 0 Å². The van der Waals surface area contributed by atoms with Crippen LogP contribution in [0.2, 0.25) is 0 Å². The number of benzene rings is 1. The fourth-order valence-corrected chi connectivity index (χ4v) is 3.42. The summed E-state index contributed by atoms with van der Waals surface area (Å²) >= 11 is 1.18. The van der Waals surface area contributed by atoms with E-state index < -0.39 is 0 Å². The van der Waals surface area contributed by atoms with Gasteiger partial charge < -0.3 is 20.1 Å². The number of ether oxygens (including phenoxy) is 2. The molecule has 1 aromatic carbocycles. The summed E-state index contributed by atoms with van der Waals surface area (Å²) < 4.78 is 10.8. The zero-order valence-electron chi connectivity index (χ0n) is 18.1. The minimum absolute atomic E-state index is 0.0547. The molecule has 0 fully saturated rings. The van der Waals surface area contributed by atoms with Crippen molar-refractivity contribution >= 4 is 28.9 Å². The van der Waals surface area contributed by atoms with E-state index in [9.17, 15) is 14.4 Å². The zero-order valence-corrected chi connectivity index (χ0v) is 18.9. The predicted molar refractivity (Wildman–Crippen MR) is 121 cm³/mol. The number of Topliss-reactive ketones (excluding diaryl/α,β-unsaturated/α-hetero) is 1. The monoisotopic (exact) mass is 446 g/mol. The lowest BCUT2D eigenvalue weighted by Crippen LogP contribution is -2.27. The number of nitrogens with one attached hydrogen (secondary N) is 2. The van der Waals surface area contributed by atoms with Crippen molar-refractivity contribution in [3.05, 3.63) is 57.3 Å². The Hall–Kier alpha value is -2.55. The Bertz CT molecular complexity index is 848. The maximum Gasteiger partial charge on any atom is 0.261 e. The molecule has 1 aromatic heterocycles. The van der Waals surface area contributed by atoms with Crippen molar-refractivity contribution in [2.24, 2.45) is 0 Å². The first kappa shape index (κ1) is 24.7. The molecule has 0 atom stereocenters. The van der Waals surface area contributed by atoms with E-state index in [2.05, 4.69) is 17.6 Å². The summed E-state index contributed by atoms with van der Waals surface area (Å²) in [6.07, 6.45) is 2.17. The summed E-state index contributed by atoms with van der Waals surface area (Å²) in [6.45, 7) is 6.62. The van der Waals surface area contributed by atoms with Crippen LogP contribution >= 0.6 is 11.3 Å². The fourth-order valence-electron chi connectivity index (χ4n) is 2.60. The molecule has 0 radical (unpaired) electrons. The number of carbonyl (C=O) groups excluding carboxylic acids is 3. The van der Waals surface area contributed by atoms with Crippen LogP contribution in [0.1, 0.15) is 62.0 Å². The molecular formula is C23H30N2O5S. The van der Waals surface area contributed by atoms with E-state index in [1.165, 1.54) is 18.3 Å². The lowest BCUT2D eigenvalue weighted by molar-refractivity contribution is 0.0472. The van der Waals surface area contributed by atoms with Crippen LogP contribution in [0.15, 0.2) is 36.4 Å². The molecule has 7 nitrogen and oxygen atoms in total. The standard InChI is InChI=1S/C23H30N2O5S/c1-3-4-12-29-14-15-30-13-11-24-22(27)19-7-5-18(6-8-19)16-25-23(28)21-10-9-20(31-21)17(2)26/h5-10H,3-4,11-16H2,1-2H3,(H,24,27)(H,25,28). The Labute approximate surface area is 187 Å². The molecule has 0 unspecified atom stereocenters. The van der Waals surface area contributed by atoms with Gasteiger partial charge in [0.05, 0.1) is 29.6 Å². The average molecular weight is 447 g/mol. The van der Waals surface area contributed by atoms with Crippen LogP contribution in [0, 0.1) is 0 Å². The second-order valence-corrected chi connectivity index (χ2v) is 8.02. The molecule has 2 rings (SSSR count). The van der Waals surface area contributed by atoms with Gasteiger partial charge in [-0.25, -0.2) is 0 Å². The van der Waals surface area contributed by atoms with Gasteiger partial charge in [-0.3, -0.25) is 14.4 Å². The van der Waals surface area contributed by atoms with Gasteiger partial charge in [0.25, 0.3) is 11.8 Å². The van der Waals surface area contributed by atoms with Crippen molar-refractivity contribution in [1.29, 1.82) is 0 Å². The smallest absolute Gasteiger partial charge is 0.261 e. The van der Waals surface area contributed by atoms with Gasteiger partial charge in [-0.15, -0.1) is 11.3 Å². The van der Waals surface area contributed by atoms with Crippen LogP contribution in [0.4, 0.5) is 0 Å². The van der Waals surface area contributed by atoms with Crippen molar-refractivity contribution in [3.8, 4) is 0 Å². The Morgan fingerprint density at radius 2 is 1.52 bits per heavy atom. The summed E-state index contributed by atoms with van der Waals surface area (Å²) in [4.78, 5) is 36.8. The molecule has 2 amide bonds. The molecule has 0 bridgehead atoms. The van der Waals surface area contributed by atoms with Gasteiger partial charge in [0.15, 0.2) is 5.78 Å². The second kappa shape index (κ2) is 13.7. The van der Waals surface area contributed by atoms with Crippen molar-refractivity contribution in [1.82, 2.24) is 10.6 Å². The number of hydrogen-bond donors (Lipinski definition) is 2. The Balaban J connectivity index is 1.65. The van der Waals surface area contributed by atoms with Crippen LogP contribution < -0.4 is 10.6 Å². The highest BCUT2D eigenvalue weighted by Crippen LogP contribution is 2.17. The molecule has 0 saturated carbocycles. The maximum absolute atomic E-state index is 12.2. The zero-order chi connectivity index (χ0) is 22.5. The van der Waals surface area contributed by atoms with Crippen LogP contribution in [-0.2, 0) is 16.0 Å². The Morgan fingerprint density at radius 3 is 2.16 bits per heavy atom. The van der Waals surface area contributed by atoms with Gasteiger partial charge in [0.1, 0.15) is 0 Å². The van der Waals surface area contributed by atoms with E-state index in [0.29, 0.717) is 48.2 Å². The highest BCUT2D eigenvalue weighted by molar-refractivity contribution is 7.15. The average Bonchev–Trinajstić information content (AvgIpc) is 3.27. The van der Waals surface area contributed by atoms with Gasteiger partial charge in [0, 0.05) is 25.3 Å². The topological polar surface area (TPSA) is 93.7 Å². The molecule has 8 heteroatoms. The largest absolute Gasteiger partial charge is 0.379 e. The van der Waals surface area contributed by atoms with E-state index in [1.54, 1.807) is 36.4 Å². The third kappa shape index (κ3) is 9.00. The molecule has 31 heavy (non-hydrogen) atoms. The second-order valence-electron chi connectivity index (χ2n) is 6.93. The summed E-state index contributed by atoms with van der Waals surface area (Å²) in [5.74, 6) is -0.454. The SMILES string of the molecule is CCCCOCCOCCNC(=O)c1ccc(CNC(=O)c2ccc(C(C)=O)s2)cc1. The summed E-state index contributed by atoms with van der Waals surface area (Å²) in [6, 6.07) is 10.3. The number of ketones is 1. The molecule has 168 valence electrons. The highest BCUT2D eigenvalue weighted by Gasteiger charge is 2.11. The first-order valence-electron chi connectivity index (χ1n) is 10.4. The number of carbonyl (C=O) groups is 3. The minimum Gasteiger partial charge on any atom is -0.379 e. The minimum atomic E-state index is -0.227. The van der Waals surface area contributed by atoms with E-state index in [1.807, 2.05) is 0 Å². The number of hydrogen-bond acceptors (Lipinski definition) is 6. The first-order valence-corrected chi connectivity index (χ1v) is 11.2. The lowest BCUT2D eigenvalue weighted by Gasteiger charge is -2.08. The maximum atomic E-state index is 12.2. The van der Waals surface area contributed by atoms with Crippen molar-refractivity contribution in [2.75, 3.05) is 33.0 Å².